The van der Waals surface area contributed by atoms with Crippen molar-refractivity contribution in [3.63, 3.8) is 0 Å². The van der Waals surface area contributed by atoms with Gasteiger partial charge in [0.2, 0.25) is 0 Å². The first-order valence-corrected chi connectivity index (χ1v) is 9.31. The number of anilines is 1. The monoisotopic (exact) mass is 331 g/mol. The van der Waals surface area contributed by atoms with Gasteiger partial charge in [-0.25, -0.2) is 0 Å². The van der Waals surface area contributed by atoms with E-state index in [1.54, 1.807) is 0 Å². The molecule has 2 rings (SSSR count). The Hall–Kier alpha value is -1.51. The number of fused-ring (bicyclic) bond motifs is 1. The number of hydrogen-bond donors (Lipinski definition) is 1. The molecule has 0 aliphatic carbocycles. The lowest BCUT2D eigenvalue weighted by Gasteiger charge is -2.30. The number of hydrogen-bond acceptors (Lipinski definition) is 3. The van der Waals surface area contributed by atoms with Crippen LogP contribution in [0, 0.1) is 5.92 Å². The van der Waals surface area contributed by atoms with E-state index >= 15 is 0 Å². The van der Waals surface area contributed by atoms with Crippen LogP contribution in [-0.4, -0.2) is 18.1 Å². The van der Waals surface area contributed by atoms with Crippen molar-refractivity contribution >= 4 is 11.7 Å². The van der Waals surface area contributed by atoms with Gasteiger partial charge in [-0.05, 0) is 57.6 Å². The van der Waals surface area contributed by atoms with Crippen molar-refractivity contribution in [3.05, 3.63) is 29.8 Å². The van der Waals surface area contributed by atoms with E-state index in [2.05, 4.69) is 43.4 Å². The molecule has 1 aliphatic rings. The molecule has 2 atom stereocenters. The minimum Gasteiger partial charge on any atom is -0.460 e. The van der Waals surface area contributed by atoms with Crippen LogP contribution in [0.15, 0.2) is 24.3 Å². The van der Waals surface area contributed by atoms with Crippen molar-refractivity contribution in [3.8, 4) is 0 Å². The number of rotatable bonds is 7. The highest BCUT2D eigenvalue weighted by atomic mass is 16.6. The highest BCUT2D eigenvalue weighted by molar-refractivity contribution is 5.70. The van der Waals surface area contributed by atoms with Crippen LogP contribution in [0.3, 0.4) is 0 Å². The van der Waals surface area contributed by atoms with E-state index in [1.807, 2.05) is 20.8 Å². The molecular formula is C21H33NO2. The molecule has 1 aromatic rings. The van der Waals surface area contributed by atoms with Crippen LogP contribution in [0.1, 0.15) is 72.3 Å². The summed E-state index contributed by atoms with van der Waals surface area (Å²) < 4.78 is 5.46. The Morgan fingerprint density at radius 3 is 2.67 bits per heavy atom. The third-order valence-electron chi connectivity index (χ3n) is 4.90. The second-order valence-electron chi connectivity index (χ2n) is 8.36. The van der Waals surface area contributed by atoms with E-state index in [9.17, 15) is 4.79 Å². The molecule has 1 unspecified atom stereocenters. The van der Waals surface area contributed by atoms with Crippen LogP contribution in [-0.2, 0) is 14.9 Å². The van der Waals surface area contributed by atoms with Gasteiger partial charge in [-0.15, -0.1) is 0 Å². The van der Waals surface area contributed by atoms with E-state index < -0.39 is 5.60 Å². The van der Waals surface area contributed by atoms with Crippen LogP contribution in [0.4, 0.5) is 5.69 Å². The van der Waals surface area contributed by atoms with Gasteiger partial charge in [0.05, 0.1) is 0 Å². The van der Waals surface area contributed by atoms with E-state index in [0.29, 0.717) is 12.3 Å². The van der Waals surface area contributed by atoms with Crippen molar-refractivity contribution in [2.45, 2.75) is 77.7 Å². The second-order valence-corrected chi connectivity index (χ2v) is 8.36. The predicted octanol–water partition coefficient (Wildman–Crippen LogP) is 5.30. The fourth-order valence-electron chi connectivity index (χ4n) is 3.80. The van der Waals surface area contributed by atoms with Crippen LogP contribution < -0.4 is 5.32 Å². The molecule has 0 saturated heterocycles. The lowest BCUT2D eigenvalue weighted by atomic mass is 9.73. The third kappa shape index (κ3) is 4.75. The normalized spacial score (nSPS) is 21.0. The highest BCUT2D eigenvalue weighted by Gasteiger charge is 2.37. The summed E-state index contributed by atoms with van der Waals surface area (Å²) in [7, 11) is 0. The number of nitrogens with one attached hydrogen (secondary N) is 1. The summed E-state index contributed by atoms with van der Waals surface area (Å²) >= 11 is 0. The fourth-order valence-corrected chi connectivity index (χ4v) is 3.80. The summed E-state index contributed by atoms with van der Waals surface area (Å²) in [6, 6.07) is 8.68. The van der Waals surface area contributed by atoms with E-state index in [-0.39, 0.29) is 11.4 Å². The summed E-state index contributed by atoms with van der Waals surface area (Å²) in [6.07, 6.45) is 5.05. The fraction of sp³-hybridized carbons (Fsp3) is 0.667. The zero-order chi connectivity index (χ0) is 17.8. The second kappa shape index (κ2) is 7.58. The van der Waals surface area contributed by atoms with Crippen molar-refractivity contribution in [1.82, 2.24) is 0 Å². The van der Waals surface area contributed by atoms with Crippen molar-refractivity contribution in [2.75, 3.05) is 11.9 Å². The highest BCUT2D eigenvalue weighted by Crippen LogP contribution is 2.44. The summed E-state index contributed by atoms with van der Waals surface area (Å²) in [5.74, 6) is 0.269. The quantitative estimate of drug-likeness (QED) is 0.689. The van der Waals surface area contributed by atoms with Crippen molar-refractivity contribution in [2.24, 2.45) is 5.92 Å². The Balaban J connectivity index is 1.97. The SMILES string of the molecule is CCCC1(CC[C@H](C)CC(=O)OC(C)(C)C)CNc2ccccc21. The first kappa shape index (κ1) is 18.8. The molecule has 0 bridgehead atoms. The minimum absolute atomic E-state index is 0.0792. The molecule has 0 aromatic heterocycles. The largest absolute Gasteiger partial charge is 0.460 e. The Morgan fingerprint density at radius 2 is 2.00 bits per heavy atom. The molecule has 0 amide bonds. The summed E-state index contributed by atoms with van der Waals surface area (Å²) in [5.41, 5.74) is 2.56. The molecule has 3 nitrogen and oxygen atoms in total. The zero-order valence-electron chi connectivity index (χ0n) is 15.9. The van der Waals surface area contributed by atoms with Gasteiger partial charge < -0.3 is 10.1 Å². The van der Waals surface area contributed by atoms with Gasteiger partial charge >= 0.3 is 5.97 Å². The van der Waals surface area contributed by atoms with E-state index in [0.717, 1.165) is 19.4 Å². The van der Waals surface area contributed by atoms with Gasteiger partial charge in [-0.2, -0.15) is 0 Å². The molecule has 0 fully saturated rings. The molecule has 0 radical (unpaired) electrons. The summed E-state index contributed by atoms with van der Waals surface area (Å²) in [4.78, 5) is 12.0. The summed E-state index contributed by atoms with van der Waals surface area (Å²) in [6.45, 7) is 11.2. The van der Waals surface area contributed by atoms with Crippen molar-refractivity contribution in [1.29, 1.82) is 0 Å². The molecule has 134 valence electrons. The lowest BCUT2D eigenvalue weighted by molar-refractivity contribution is -0.155. The van der Waals surface area contributed by atoms with Gasteiger partial charge in [0.1, 0.15) is 5.60 Å². The smallest absolute Gasteiger partial charge is 0.306 e. The van der Waals surface area contributed by atoms with Gasteiger partial charge in [-0.1, -0.05) is 38.5 Å². The van der Waals surface area contributed by atoms with E-state index in [1.165, 1.54) is 24.1 Å². The van der Waals surface area contributed by atoms with Crippen LogP contribution in [0.25, 0.3) is 0 Å². The Morgan fingerprint density at radius 1 is 1.29 bits per heavy atom. The number of esters is 1. The molecule has 3 heteroatoms. The maximum atomic E-state index is 12.0. The van der Waals surface area contributed by atoms with Crippen molar-refractivity contribution < 1.29 is 9.53 Å². The Labute approximate surface area is 147 Å². The first-order valence-electron chi connectivity index (χ1n) is 9.31. The molecule has 24 heavy (non-hydrogen) atoms. The molecule has 1 heterocycles. The van der Waals surface area contributed by atoms with Crippen LogP contribution in [0.5, 0.6) is 0 Å². The third-order valence-corrected chi connectivity index (χ3v) is 4.90. The molecule has 1 aliphatic heterocycles. The standard InChI is InChI=1S/C21H33NO2/c1-6-12-21(15-22-18-10-8-7-9-17(18)21)13-11-16(2)14-19(23)24-20(3,4)5/h7-10,16,22H,6,11-15H2,1-5H3/t16-,21?/m0/s1. The van der Waals surface area contributed by atoms with Crippen LogP contribution >= 0.6 is 0 Å². The topological polar surface area (TPSA) is 38.3 Å². The minimum atomic E-state index is -0.394. The van der Waals surface area contributed by atoms with Crippen LogP contribution in [0.2, 0.25) is 0 Å². The van der Waals surface area contributed by atoms with Gasteiger partial charge in [0.25, 0.3) is 0 Å². The molecule has 1 aromatic carbocycles. The number of carbonyl (C=O) groups is 1. The zero-order valence-corrected chi connectivity index (χ0v) is 15.9. The number of para-hydroxylation sites is 1. The van der Waals surface area contributed by atoms with Gasteiger partial charge in [0, 0.05) is 24.1 Å². The maximum Gasteiger partial charge on any atom is 0.306 e. The predicted molar refractivity (Wildman–Crippen MR) is 100 cm³/mol. The Kier molecular flexibility index (Phi) is 5.95. The Bertz CT molecular complexity index is 557. The number of ether oxygens (including phenoxy) is 1. The molecule has 0 spiro atoms. The molecular weight excluding hydrogens is 298 g/mol. The summed E-state index contributed by atoms with van der Waals surface area (Å²) in [5, 5.41) is 3.58. The first-order chi connectivity index (χ1) is 11.3. The van der Waals surface area contributed by atoms with Gasteiger partial charge in [0.15, 0.2) is 0 Å². The van der Waals surface area contributed by atoms with E-state index in [4.69, 9.17) is 4.74 Å². The molecule has 1 N–H and O–H groups in total. The average Bonchev–Trinajstić information content (AvgIpc) is 2.83. The number of carbonyl (C=O) groups excluding carboxylic acids is 1. The number of benzene rings is 1. The average molecular weight is 332 g/mol. The van der Waals surface area contributed by atoms with Gasteiger partial charge in [-0.3, -0.25) is 4.79 Å². The maximum absolute atomic E-state index is 12.0. The lowest BCUT2D eigenvalue weighted by Crippen LogP contribution is -2.29. The molecule has 0 saturated carbocycles.